The summed E-state index contributed by atoms with van der Waals surface area (Å²) in [5, 5.41) is 0. The van der Waals surface area contributed by atoms with Crippen molar-refractivity contribution in [3.05, 3.63) is 60.4 Å². The second-order valence-electron chi connectivity index (χ2n) is 5.46. The summed E-state index contributed by atoms with van der Waals surface area (Å²) in [5.74, 6) is -0.310. The predicted molar refractivity (Wildman–Crippen MR) is 90.8 cm³/mol. The van der Waals surface area contributed by atoms with Crippen LogP contribution in [-0.4, -0.2) is 22.5 Å². The molecule has 0 saturated carbocycles. The average molecular weight is 310 g/mol. The van der Waals surface area contributed by atoms with Gasteiger partial charge in [0.05, 0.1) is 18.0 Å². The number of unbranched alkanes of at least 4 members (excludes halogenated alkanes) is 2. The van der Waals surface area contributed by atoms with E-state index >= 15 is 0 Å². The van der Waals surface area contributed by atoms with Crippen LogP contribution in [0.2, 0.25) is 0 Å². The molecule has 0 amide bonds. The molecule has 0 spiro atoms. The van der Waals surface area contributed by atoms with Crippen molar-refractivity contribution in [3.63, 3.8) is 0 Å². The predicted octanol–water partition coefficient (Wildman–Crippen LogP) is 3.98. The van der Waals surface area contributed by atoms with Gasteiger partial charge in [0, 0.05) is 17.5 Å². The lowest BCUT2D eigenvalue weighted by Gasteiger charge is -2.05. The first-order valence-corrected chi connectivity index (χ1v) is 7.87. The molecule has 0 bridgehead atoms. The van der Waals surface area contributed by atoms with Gasteiger partial charge in [-0.1, -0.05) is 18.7 Å². The first kappa shape index (κ1) is 16.9. The molecule has 4 heteroatoms. The summed E-state index contributed by atoms with van der Waals surface area (Å²) in [4.78, 5) is 20.2. The second kappa shape index (κ2) is 8.83. The van der Waals surface area contributed by atoms with E-state index in [0.717, 1.165) is 42.8 Å². The average Bonchev–Trinajstić information content (AvgIpc) is 2.58. The minimum atomic E-state index is -0.310. The summed E-state index contributed by atoms with van der Waals surface area (Å²) < 4.78 is 5.07. The molecule has 23 heavy (non-hydrogen) atoms. The van der Waals surface area contributed by atoms with E-state index in [1.807, 2.05) is 36.4 Å². The summed E-state index contributed by atoms with van der Waals surface area (Å²) >= 11 is 0. The Morgan fingerprint density at radius 1 is 1.09 bits per heavy atom. The van der Waals surface area contributed by atoms with Crippen molar-refractivity contribution in [1.29, 1.82) is 0 Å². The van der Waals surface area contributed by atoms with E-state index in [2.05, 4.69) is 16.5 Å². The molecule has 0 aliphatic rings. The van der Waals surface area contributed by atoms with Gasteiger partial charge in [-0.05, 0) is 56.9 Å². The van der Waals surface area contributed by atoms with Gasteiger partial charge in [-0.25, -0.2) is 4.79 Å². The molecular weight excluding hydrogens is 288 g/mol. The van der Waals surface area contributed by atoms with E-state index in [4.69, 9.17) is 4.74 Å². The van der Waals surface area contributed by atoms with Crippen LogP contribution in [-0.2, 0) is 16.0 Å². The van der Waals surface area contributed by atoms with Crippen LogP contribution in [0.15, 0.2) is 54.7 Å². The van der Waals surface area contributed by atoms with Gasteiger partial charge in [-0.15, -0.1) is 0 Å². The molecule has 120 valence electrons. The lowest BCUT2D eigenvalue weighted by molar-refractivity contribution is -0.139. The van der Waals surface area contributed by atoms with Gasteiger partial charge in [0.25, 0.3) is 0 Å². The smallest absolute Gasteiger partial charge is 0.333 e. The maximum atomic E-state index is 11.2. The van der Waals surface area contributed by atoms with Crippen molar-refractivity contribution < 1.29 is 9.53 Å². The van der Waals surface area contributed by atoms with E-state index in [9.17, 15) is 4.79 Å². The largest absolute Gasteiger partial charge is 0.462 e. The molecule has 2 rings (SSSR count). The third-order valence-corrected chi connectivity index (χ3v) is 3.39. The van der Waals surface area contributed by atoms with Crippen LogP contribution >= 0.6 is 0 Å². The highest BCUT2D eigenvalue weighted by Gasteiger charge is 2.03. The highest BCUT2D eigenvalue weighted by molar-refractivity contribution is 5.86. The molecule has 0 atom stereocenters. The van der Waals surface area contributed by atoms with E-state index in [0.29, 0.717) is 12.2 Å². The first-order valence-electron chi connectivity index (χ1n) is 7.87. The third kappa shape index (κ3) is 5.66. The van der Waals surface area contributed by atoms with Gasteiger partial charge in [0.1, 0.15) is 0 Å². The fourth-order valence-corrected chi connectivity index (χ4v) is 2.15. The minimum Gasteiger partial charge on any atom is -0.462 e. The number of nitrogens with zero attached hydrogens (tertiary/aromatic N) is 2. The lowest BCUT2D eigenvalue weighted by Crippen LogP contribution is -2.06. The van der Waals surface area contributed by atoms with E-state index in [1.165, 1.54) is 0 Å². The Hall–Kier alpha value is -2.49. The van der Waals surface area contributed by atoms with Crippen LogP contribution in [0.5, 0.6) is 0 Å². The number of aromatic nitrogens is 2. The fourth-order valence-electron chi connectivity index (χ4n) is 2.15. The summed E-state index contributed by atoms with van der Waals surface area (Å²) in [6.45, 7) is 5.66. The second-order valence-corrected chi connectivity index (χ2v) is 5.46. The summed E-state index contributed by atoms with van der Waals surface area (Å²) in [6.07, 6.45) is 5.56. The van der Waals surface area contributed by atoms with Crippen molar-refractivity contribution in [3.8, 4) is 11.4 Å². The maximum absolute atomic E-state index is 11.2. The van der Waals surface area contributed by atoms with Crippen LogP contribution in [0.1, 0.15) is 31.9 Å². The number of rotatable bonds is 8. The number of ether oxygens (including phenoxy) is 1. The van der Waals surface area contributed by atoms with Crippen molar-refractivity contribution in [1.82, 2.24) is 9.97 Å². The van der Waals surface area contributed by atoms with Crippen molar-refractivity contribution in [2.24, 2.45) is 0 Å². The summed E-state index contributed by atoms with van der Waals surface area (Å²) in [7, 11) is 0. The van der Waals surface area contributed by atoms with Gasteiger partial charge in [-0.3, -0.25) is 9.97 Å². The molecule has 0 fully saturated rings. The monoisotopic (exact) mass is 310 g/mol. The van der Waals surface area contributed by atoms with Crippen molar-refractivity contribution in [2.45, 2.75) is 32.6 Å². The minimum absolute atomic E-state index is 0.310. The lowest BCUT2D eigenvalue weighted by atomic mass is 10.1. The SMILES string of the molecule is C=C(C)C(=O)OCCCCCc1cccc(-c2ccccn2)n1. The van der Waals surface area contributed by atoms with Gasteiger partial charge in [0.2, 0.25) is 0 Å². The quantitative estimate of drug-likeness (QED) is 0.420. The first-order chi connectivity index (χ1) is 11.2. The Labute approximate surface area is 137 Å². The summed E-state index contributed by atoms with van der Waals surface area (Å²) in [6, 6.07) is 11.8. The Kier molecular flexibility index (Phi) is 6.48. The Morgan fingerprint density at radius 2 is 1.91 bits per heavy atom. The number of carbonyl (C=O) groups excluding carboxylic acids is 1. The molecule has 2 heterocycles. The molecular formula is C19H22N2O2. The van der Waals surface area contributed by atoms with Crippen LogP contribution in [0, 0.1) is 0 Å². The number of esters is 1. The number of hydrogen-bond donors (Lipinski definition) is 0. The Bertz CT molecular complexity index is 653. The normalized spacial score (nSPS) is 10.3. The number of pyridine rings is 2. The van der Waals surface area contributed by atoms with Crippen LogP contribution in [0.4, 0.5) is 0 Å². The standard InChI is InChI=1S/C19H22N2O2/c1-15(2)19(22)23-14-7-3-4-9-16-10-8-12-18(21-16)17-11-5-6-13-20-17/h5-6,8,10-13H,1,3-4,7,9,14H2,2H3. The Balaban J connectivity index is 1.74. The maximum Gasteiger partial charge on any atom is 0.333 e. The van der Waals surface area contributed by atoms with Gasteiger partial charge in [0.15, 0.2) is 0 Å². The number of hydrogen-bond acceptors (Lipinski definition) is 4. The van der Waals surface area contributed by atoms with Crippen LogP contribution in [0.25, 0.3) is 11.4 Å². The van der Waals surface area contributed by atoms with Crippen molar-refractivity contribution in [2.75, 3.05) is 6.61 Å². The zero-order valence-electron chi connectivity index (χ0n) is 13.5. The van der Waals surface area contributed by atoms with Gasteiger partial charge in [-0.2, -0.15) is 0 Å². The van der Waals surface area contributed by atoms with E-state index in [1.54, 1.807) is 13.1 Å². The van der Waals surface area contributed by atoms with Crippen LogP contribution < -0.4 is 0 Å². The molecule has 0 aromatic carbocycles. The molecule has 0 aliphatic carbocycles. The highest BCUT2D eigenvalue weighted by Crippen LogP contribution is 2.15. The molecule has 0 N–H and O–H groups in total. The molecule has 4 nitrogen and oxygen atoms in total. The molecule has 2 aromatic heterocycles. The molecule has 2 aromatic rings. The number of carbonyl (C=O) groups is 1. The molecule has 0 aliphatic heterocycles. The number of aryl methyl sites for hydroxylation is 1. The zero-order chi connectivity index (χ0) is 16.5. The van der Waals surface area contributed by atoms with E-state index in [-0.39, 0.29) is 5.97 Å². The molecule has 0 unspecified atom stereocenters. The summed E-state index contributed by atoms with van der Waals surface area (Å²) in [5.41, 5.74) is 3.30. The van der Waals surface area contributed by atoms with Crippen molar-refractivity contribution >= 4 is 5.97 Å². The zero-order valence-corrected chi connectivity index (χ0v) is 13.5. The molecule has 0 saturated heterocycles. The fraction of sp³-hybridized carbons (Fsp3) is 0.316. The van der Waals surface area contributed by atoms with Crippen LogP contribution in [0.3, 0.4) is 0 Å². The Morgan fingerprint density at radius 3 is 2.65 bits per heavy atom. The highest BCUT2D eigenvalue weighted by atomic mass is 16.5. The van der Waals surface area contributed by atoms with E-state index < -0.39 is 0 Å². The third-order valence-electron chi connectivity index (χ3n) is 3.39. The molecule has 0 radical (unpaired) electrons. The topological polar surface area (TPSA) is 52.1 Å². The van der Waals surface area contributed by atoms with Gasteiger partial charge >= 0.3 is 5.97 Å². The van der Waals surface area contributed by atoms with Gasteiger partial charge < -0.3 is 4.74 Å².